The molecule has 2 heterocycles. The third-order valence-corrected chi connectivity index (χ3v) is 10.6. The zero-order valence-electron chi connectivity index (χ0n) is 20.1. The van der Waals surface area contributed by atoms with Crippen LogP contribution in [0.2, 0.25) is 0 Å². The molecule has 5 rings (SSSR count). The molecule has 3 aliphatic carbocycles. The van der Waals surface area contributed by atoms with Gasteiger partial charge in [-0.25, -0.2) is 4.79 Å². The summed E-state index contributed by atoms with van der Waals surface area (Å²) in [7, 11) is 0. The molecule has 31 heavy (non-hydrogen) atoms. The van der Waals surface area contributed by atoms with Crippen molar-refractivity contribution in [2.75, 3.05) is 0 Å². The van der Waals surface area contributed by atoms with Gasteiger partial charge in [0, 0.05) is 17.4 Å². The van der Waals surface area contributed by atoms with Crippen LogP contribution >= 0.6 is 0 Å². The maximum atomic E-state index is 12.8. The summed E-state index contributed by atoms with van der Waals surface area (Å²) in [6.45, 7) is 17.8. The highest BCUT2D eigenvalue weighted by atomic mass is 16.5. The molecule has 170 valence electrons. The second kappa shape index (κ2) is 6.27. The average Bonchev–Trinajstić information content (AvgIpc) is 3.11. The van der Waals surface area contributed by atoms with Gasteiger partial charge in [-0.15, -0.1) is 0 Å². The van der Waals surface area contributed by atoms with Crippen LogP contribution in [0.15, 0.2) is 21.4 Å². The molecule has 4 heteroatoms. The van der Waals surface area contributed by atoms with E-state index in [0.29, 0.717) is 29.6 Å². The average molecular weight is 427 g/mol. The lowest BCUT2D eigenvalue weighted by atomic mass is 9.38. The van der Waals surface area contributed by atoms with Crippen molar-refractivity contribution in [1.82, 2.24) is 0 Å². The van der Waals surface area contributed by atoms with Gasteiger partial charge in [0.1, 0.15) is 17.1 Å². The van der Waals surface area contributed by atoms with Crippen LogP contribution in [0.3, 0.4) is 0 Å². The second-order valence-electron chi connectivity index (χ2n) is 12.1. The summed E-state index contributed by atoms with van der Waals surface area (Å²) >= 11 is 0. The van der Waals surface area contributed by atoms with E-state index in [0.717, 1.165) is 55.4 Å². The van der Waals surface area contributed by atoms with Gasteiger partial charge in [0.05, 0.1) is 11.7 Å². The van der Waals surface area contributed by atoms with Crippen LogP contribution in [-0.4, -0.2) is 16.8 Å². The fraction of sp³-hybridized carbons (Fsp3) is 0.741. The van der Waals surface area contributed by atoms with Gasteiger partial charge in [-0.2, -0.15) is 0 Å². The Kier molecular flexibility index (Phi) is 4.31. The van der Waals surface area contributed by atoms with Crippen molar-refractivity contribution in [3.63, 3.8) is 0 Å². The number of hydrogen-bond acceptors (Lipinski definition) is 4. The summed E-state index contributed by atoms with van der Waals surface area (Å²) in [5.41, 5.74) is 1.94. The Hall–Kier alpha value is -1.55. The first-order valence-electron chi connectivity index (χ1n) is 12.1. The molecule has 3 fully saturated rings. The molecule has 0 radical (unpaired) electrons. The van der Waals surface area contributed by atoms with Crippen molar-refractivity contribution in [1.29, 1.82) is 0 Å². The van der Waals surface area contributed by atoms with E-state index in [1.807, 2.05) is 13.8 Å². The largest absolute Gasteiger partial charge is 0.481 e. The predicted molar refractivity (Wildman–Crippen MR) is 121 cm³/mol. The number of rotatable bonds is 0. The predicted octanol–water partition coefficient (Wildman–Crippen LogP) is 5.50. The number of fused-ring (bicyclic) bond motifs is 5. The molecule has 1 aliphatic heterocycles. The van der Waals surface area contributed by atoms with Crippen LogP contribution in [0.25, 0.3) is 0 Å². The lowest BCUT2D eigenvalue weighted by molar-refractivity contribution is -0.211. The molecule has 4 aliphatic rings. The Labute approximate surface area is 186 Å². The topological polar surface area (TPSA) is 59.7 Å². The van der Waals surface area contributed by atoms with Crippen LogP contribution in [0.1, 0.15) is 83.1 Å². The number of ether oxygens (including phenoxy) is 1. The molecule has 0 saturated heterocycles. The first-order valence-corrected chi connectivity index (χ1v) is 12.1. The van der Waals surface area contributed by atoms with E-state index in [-0.39, 0.29) is 28.0 Å². The molecule has 0 amide bonds. The van der Waals surface area contributed by atoms with Crippen LogP contribution in [0, 0.1) is 41.9 Å². The maximum Gasteiger partial charge on any atom is 0.343 e. The standard InChI is InChI=1S/C27H38O4/c1-15-8-9-20-25(6)12-11-21(28)24(4,5)19(25)10-13-26(20,7)27(15)14-18-22(31-27)16(2)17(3)30-23(18)29/h19-21,28H,1,8-14H2,2-7H3/t19-,20+,21-,25-,26+,27-/m0/s1. The molecule has 1 aromatic rings. The monoisotopic (exact) mass is 426 g/mol. The molecule has 1 N–H and O–H groups in total. The van der Waals surface area contributed by atoms with Crippen LogP contribution in [0.4, 0.5) is 0 Å². The highest BCUT2D eigenvalue weighted by Gasteiger charge is 2.69. The number of aryl methyl sites for hydroxylation is 1. The molecule has 0 unspecified atom stereocenters. The van der Waals surface area contributed by atoms with E-state index < -0.39 is 5.60 Å². The van der Waals surface area contributed by atoms with Gasteiger partial charge >= 0.3 is 5.63 Å². The minimum atomic E-state index is -0.542. The highest BCUT2D eigenvalue weighted by molar-refractivity contribution is 5.49. The van der Waals surface area contributed by atoms with Gasteiger partial charge in [0.15, 0.2) is 0 Å². The van der Waals surface area contributed by atoms with E-state index in [4.69, 9.17) is 9.15 Å². The quantitative estimate of drug-likeness (QED) is 0.557. The van der Waals surface area contributed by atoms with Gasteiger partial charge in [0.2, 0.25) is 0 Å². The van der Waals surface area contributed by atoms with E-state index in [1.54, 1.807) is 0 Å². The van der Waals surface area contributed by atoms with Gasteiger partial charge in [0.25, 0.3) is 0 Å². The van der Waals surface area contributed by atoms with E-state index in [2.05, 4.69) is 34.3 Å². The molecule has 6 atom stereocenters. The van der Waals surface area contributed by atoms with Gasteiger partial charge in [-0.3, -0.25) is 0 Å². The number of hydrogen-bond donors (Lipinski definition) is 1. The third-order valence-electron chi connectivity index (χ3n) is 10.6. The summed E-state index contributed by atoms with van der Waals surface area (Å²) in [5, 5.41) is 10.8. The Morgan fingerprint density at radius 2 is 1.74 bits per heavy atom. The normalized spacial score (nSPS) is 43.2. The number of aliphatic hydroxyl groups excluding tert-OH is 1. The van der Waals surface area contributed by atoms with Crippen molar-refractivity contribution in [2.45, 2.75) is 98.2 Å². The Morgan fingerprint density at radius 3 is 2.45 bits per heavy atom. The van der Waals surface area contributed by atoms with Gasteiger partial charge in [-0.05, 0) is 80.6 Å². The Balaban J connectivity index is 1.63. The SMILES string of the molecule is C=C1CC[C@@H]2[C@@]3(C)CC[C@H](O)C(C)(C)[C@@H]3CC[C@@]2(C)[C@]12Cc1c(c(C)c(C)oc1=O)O2. The van der Waals surface area contributed by atoms with Crippen LogP contribution in [-0.2, 0) is 6.42 Å². The van der Waals surface area contributed by atoms with Gasteiger partial charge in [-0.1, -0.05) is 34.3 Å². The van der Waals surface area contributed by atoms with Crippen molar-refractivity contribution < 1.29 is 14.3 Å². The highest BCUT2D eigenvalue weighted by Crippen LogP contribution is 2.71. The number of aliphatic hydroxyl groups is 1. The molecule has 1 aromatic heterocycles. The Bertz CT molecular complexity index is 1020. The van der Waals surface area contributed by atoms with E-state index in [1.165, 1.54) is 0 Å². The fourth-order valence-electron chi connectivity index (χ4n) is 8.62. The minimum Gasteiger partial charge on any atom is -0.481 e. The van der Waals surface area contributed by atoms with Crippen molar-refractivity contribution in [2.24, 2.45) is 28.1 Å². The summed E-state index contributed by atoms with van der Waals surface area (Å²) in [6, 6.07) is 0. The third kappa shape index (κ3) is 2.43. The zero-order valence-corrected chi connectivity index (χ0v) is 20.1. The lowest BCUT2D eigenvalue weighted by Crippen LogP contribution is -2.67. The van der Waals surface area contributed by atoms with Crippen LogP contribution in [0.5, 0.6) is 5.75 Å². The minimum absolute atomic E-state index is 0.0792. The molecular weight excluding hydrogens is 388 g/mol. The van der Waals surface area contributed by atoms with Crippen molar-refractivity contribution in [3.8, 4) is 5.75 Å². The first kappa shape index (κ1) is 21.3. The fourth-order valence-corrected chi connectivity index (χ4v) is 8.62. The molecule has 4 nitrogen and oxygen atoms in total. The zero-order chi connectivity index (χ0) is 22.6. The lowest BCUT2D eigenvalue weighted by Gasteiger charge is -2.68. The molecule has 0 aromatic carbocycles. The van der Waals surface area contributed by atoms with Crippen molar-refractivity contribution in [3.05, 3.63) is 39.5 Å². The van der Waals surface area contributed by atoms with Gasteiger partial charge < -0.3 is 14.3 Å². The first-order chi connectivity index (χ1) is 14.4. The van der Waals surface area contributed by atoms with Crippen molar-refractivity contribution >= 4 is 0 Å². The molecule has 1 spiro atoms. The van der Waals surface area contributed by atoms with E-state index >= 15 is 0 Å². The smallest absolute Gasteiger partial charge is 0.343 e. The molecule has 0 bridgehead atoms. The second-order valence-corrected chi connectivity index (χ2v) is 12.1. The van der Waals surface area contributed by atoms with E-state index in [9.17, 15) is 9.90 Å². The summed E-state index contributed by atoms with van der Waals surface area (Å²) in [4.78, 5) is 12.8. The summed E-state index contributed by atoms with van der Waals surface area (Å²) in [6.07, 6.45) is 6.42. The molecule has 3 saturated carbocycles. The summed E-state index contributed by atoms with van der Waals surface area (Å²) < 4.78 is 12.4. The Morgan fingerprint density at radius 1 is 1.03 bits per heavy atom. The maximum absolute atomic E-state index is 12.8. The summed E-state index contributed by atoms with van der Waals surface area (Å²) in [5.74, 6) is 2.34. The molecular formula is C27H38O4. The van der Waals surface area contributed by atoms with Crippen LogP contribution < -0.4 is 10.4 Å².